The Kier molecular flexibility index (Phi) is 2.22. The average molecular weight is 269 g/mol. The van der Waals surface area contributed by atoms with E-state index in [4.69, 9.17) is 5.73 Å². The molecule has 2 heterocycles. The largest absolute Gasteiger partial charge is 0.384 e. The van der Waals surface area contributed by atoms with Crippen LogP contribution in [0.5, 0.6) is 0 Å². The van der Waals surface area contributed by atoms with E-state index in [2.05, 4.69) is 46.8 Å². The van der Waals surface area contributed by atoms with Crippen LogP contribution < -0.4 is 5.73 Å². The van der Waals surface area contributed by atoms with Gasteiger partial charge in [0.2, 0.25) is 0 Å². The van der Waals surface area contributed by atoms with E-state index in [1.165, 1.54) is 0 Å². The van der Waals surface area contributed by atoms with Gasteiger partial charge in [0.1, 0.15) is 5.82 Å². The minimum Gasteiger partial charge on any atom is -0.384 e. The van der Waals surface area contributed by atoms with Crippen molar-refractivity contribution in [3.05, 3.63) is 22.4 Å². The van der Waals surface area contributed by atoms with Gasteiger partial charge in [0.05, 0.1) is 10.2 Å². The first kappa shape index (κ1) is 10.4. The van der Waals surface area contributed by atoms with Crippen LogP contribution >= 0.6 is 15.9 Å². The van der Waals surface area contributed by atoms with Gasteiger partial charge in [-0.25, -0.2) is 4.98 Å². The fraction of sp³-hybridized carbons (Fsp3) is 0.400. The van der Waals surface area contributed by atoms with E-state index < -0.39 is 0 Å². The molecular formula is C10H13BrN4. The highest BCUT2D eigenvalue weighted by molar-refractivity contribution is 9.10. The van der Waals surface area contributed by atoms with Gasteiger partial charge in [-0.1, -0.05) is 20.8 Å². The van der Waals surface area contributed by atoms with Gasteiger partial charge in [0.25, 0.3) is 0 Å². The summed E-state index contributed by atoms with van der Waals surface area (Å²) in [6.45, 7) is 6.32. The topological polar surface area (TPSA) is 56.2 Å². The molecule has 0 radical (unpaired) electrons. The van der Waals surface area contributed by atoms with Crippen molar-refractivity contribution in [2.45, 2.75) is 26.2 Å². The second-order valence-corrected chi connectivity index (χ2v) is 5.31. The zero-order chi connectivity index (χ0) is 11.2. The normalized spacial score (nSPS) is 12.3. The average Bonchev–Trinajstić information content (AvgIpc) is 2.45. The molecule has 0 spiro atoms. The van der Waals surface area contributed by atoms with Gasteiger partial charge in [-0.15, -0.1) is 0 Å². The molecule has 0 amide bonds. The Labute approximate surface area is 96.6 Å². The summed E-state index contributed by atoms with van der Waals surface area (Å²) in [5, 5.41) is 4.47. The molecule has 0 aliphatic carbocycles. The summed E-state index contributed by atoms with van der Waals surface area (Å²) in [4.78, 5) is 4.25. The lowest BCUT2D eigenvalue weighted by molar-refractivity contribution is 0.560. The summed E-state index contributed by atoms with van der Waals surface area (Å²) in [6, 6.07) is 1.74. The Balaban J connectivity index is 2.81. The summed E-state index contributed by atoms with van der Waals surface area (Å²) < 4.78 is 2.58. The van der Waals surface area contributed by atoms with Gasteiger partial charge in [0, 0.05) is 11.6 Å². The molecule has 2 aromatic rings. The molecule has 0 atom stereocenters. The van der Waals surface area contributed by atoms with Crippen molar-refractivity contribution < 1.29 is 0 Å². The maximum Gasteiger partial charge on any atom is 0.171 e. The molecule has 0 aliphatic rings. The van der Waals surface area contributed by atoms with Crippen LogP contribution in [0.15, 0.2) is 16.7 Å². The zero-order valence-electron chi connectivity index (χ0n) is 8.95. The van der Waals surface area contributed by atoms with Crippen molar-refractivity contribution >= 4 is 27.4 Å². The molecule has 2 N–H and O–H groups in total. The quantitative estimate of drug-likeness (QED) is 0.798. The van der Waals surface area contributed by atoms with E-state index in [1.54, 1.807) is 16.8 Å². The Morgan fingerprint density at radius 1 is 1.40 bits per heavy atom. The van der Waals surface area contributed by atoms with E-state index in [0.717, 1.165) is 15.8 Å². The van der Waals surface area contributed by atoms with Crippen molar-refractivity contribution in [3.8, 4) is 0 Å². The third kappa shape index (κ3) is 1.61. The van der Waals surface area contributed by atoms with E-state index in [-0.39, 0.29) is 5.41 Å². The predicted molar refractivity (Wildman–Crippen MR) is 63.8 cm³/mol. The number of rotatable bonds is 0. The monoisotopic (exact) mass is 268 g/mol. The third-order valence-electron chi connectivity index (χ3n) is 2.20. The summed E-state index contributed by atoms with van der Waals surface area (Å²) in [5.74, 6) is 0.594. The molecule has 15 heavy (non-hydrogen) atoms. The van der Waals surface area contributed by atoms with Crippen molar-refractivity contribution in [3.63, 3.8) is 0 Å². The molecular weight excluding hydrogens is 256 g/mol. The van der Waals surface area contributed by atoms with Gasteiger partial charge >= 0.3 is 0 Å². The molecule has 2 rings (SSSR count). The Morgan fingerprint density at radius 2 is 2.07 bits per heavy atom. The minimum absolute atomic E-state index is 0.0288. The highest BCUT2D eigenvalue weighted by atomic mass is 79.9. The fourth-order valence-electron chi connectivity index (χ4n) is 1.42. The van der Waals surface area contributed by atoms with Crippen LogP contribution in [0.4, 0.5) is 5.82 Å². The van der Waals surface area contributed by atoms with Crippen molar-refractivity contribution in [1.29, 1.82) is 0 Å². The number of nitrogens with two attached hydrogens (primary N) is 1. The number of nitrogen functional groups attached to an aromatic ring is 1. The molecule has 0 saturated carbocycles. The number of hydrogen-bond donors (Lipinski definition) is 1. The number of anilines is 1. The second kappa shape index (κ2) is 3.20. The lowest BCUT2D eigenvalue weighted by Gasteiger charge is -2.14. The number of halogens is 1. The summed E-state index contributed by atoms with van der Waals surface area (Å²) >= 11 is 3.52. The van der Waals surface area contributed by atoms with Crippen molar-refractivity contribution in [1.82, 2.24) is 14.6 Å². The molecule has 80 valence electrons. The predicted octanol–water partition coefficient (Wildman–Crippen LogP) is 2.37. The van der Waals surface area contributed by atoms with Crippen LogP contribution in [0.25, 0.3) is 5.65 Å². The number of hydrogen-bond acceptors (Lipinski definition) is 3. The molecule has 0 unspecified atom stereocenters. The summed E-state index contributed by atoms with van der Waals surface area (Å²) in [6.07, 6.45) is 1.68. The third-order valence-corrected chi connectivity index (χ3v) is 2.93. The van der Waals surface area contributed by atoms with Gasteiger partial charge in [-0.3, -0.25) is 0 Å². The van der Waals surface area contributed by atoms with Crippen LogP contribution in [0.2, 0.25) is 0 Å². The molecule has 0 aromatic carbocycles. The lowest BCUT2D eigenvalue weighted by atomic mass is 9.92. The highest BCUT2D eigenvalue weighted by Crippen LogP contribution is 2.31. The van der Waals surface area contributed by atoms with Crippen LogP contribution in [0.1, 0.15) is 26.5 Å². The maximum atomic E-state index is 5.82. The second-order valence-electron chi connectivity index (χ2n) is 4.52. The summed E-state index contributed by atoms with van der Waals surface area (Å²) in [5.41, 5.74) is 7.52. The van der Waals surface area contributed by atoms with Crippen LogP contribution in [-0.2, 0) is 5.41 Å². The Bertz CT molecular complexity index is 510. The zero-order valence-corrected chi connectivity index (χ0v) is 10.5. The Hall–Kier alpha value is -1.10. The molecule has 0 aliphatic heterocycles. The van der Waals surface area contributed by atoms with E-state index >= 15 is 0 Å². The van der Waals surface area contributed by atoms with E-state index in [1.807, 2.05) is 0 Å². The molecule has 5 heteroatoms. The maximum absolute atomic E-state index is 5.82. The molecule has 0 bridgehead atoms. The number of aromatic nitrogens is 3. The number of nitrogens with zero attached hydrogens (tertiary/aromatic N) is 3. The molecule has 0 fully saturated rings. The lowest BCUT2D eigenvalue weighted by Crippen LogP contribution is -2.13. The minimum atomic E-state index is -0.0288. The first-order chi connectivity index (χ1) is 6.91. The van der Waals surface area contributed by atoms with Gasteiger partial charge in [-0.2, -0.15) is 9.61 Å². The van der Waals surface area contributed by atoms with Crippen LogP contribution in [0.3, 0.4) is 0 Å². The highest BCUT2D eigenvalue weighted by Gasteiger charge is 2.23. The van der Waals surface area contributed by atoms with E-state index in [9.17, 15) is 0 Å². The molecule has 0 saturated heterocycles. The Morgan fingerprint density at radius 3 is 2.60 bits per heavy atom. The number of fused-ring (bicyclic) bond motifs is 1. The van der Waals surface area contributed by atoms with Crippen LogP contribution in [0, 0.1) is 0 Å². The standard InChI is InChI=1S/C10H13BrN4/c1-10(2,3)8-7(11)9-13-5-4-6(12)15(9)14-8/h4-5H,12H2,1-3H3. The smallest absolute Gasteiger partial charge is 0.171 e. The SMILES string of the molecule is CC(C)(C)c1nn2c(N)ccnc2c1Br. The van der Waals surface area contributed by atoms with Gasteiger partial charge in [-0.05, 0) is 22.0 Å². The fourth-order valence-corrected chi connectivity index (χ4v) is 2.36. The van der Waals surface area contributed by atoms with Crippen LogP contribution in [-0.4, -0.2) is 14.6 Å². The molecule has 4 nitrogen and oxygen atoms in total. The van der Waals surface area contributed by atoms with Crippen molar-refractivity contribution in [2.24, 2.45) is 0 Å². The first-order valence-corrected chi connectivity index (χ1v) is 5.50. The van der Waals surface area contributed by atoms with Gasteiger partial charge < -0.3 is 5.73 Å². The van der Waals surface area contributed by atoms with Gasteiger partial charge in [0.15, 0.2) is 5.65 Å². The molecule has 2 aromatic heterocycles. The van der Waals surface area contributed by atoms with Crippen molar-refractivity contribution in [2.75, 3.05) is 5.73 Å². The van der Waals surface area contributed by atoms with E-state index in [0.29, 0.717) is 5.82 Å². The first-order valence-electron chi connectivity index (χ1n) is 4.70. The summed E-state index contributed by atoms with van der Waals surface area (Å²) in [7, 11) is 0.